The molecule has 0 aliphatic carbocycles. The van der Waals surface area contributed by atoms with Gasteiger partial charge in [0.15, 0.2) is 16.9 Å². The molecule has 0 amide bonds. The van der Waals surface area contributed by atoms with Gasteiger partial charge in [0.05, 0.1) is 17.3 Å². The largest absolute Gasteiger partial charge is 0.504 e. The summed E-state index contributed by atoms with van der Waals surface area (Å²) in [5.41, 5.74) is 0.0559. The van der Waals surface area contributed by atoms with Crippen molar-refractivity contribution in [2.75, 3.05) is 5.01 Å². The summed E-state index contributed by atoms with van der Waals surface area (Å²) in [6, 6.07) is 3.61. The number of hydrogen-bond donors (Lipinski definition) is 2. The average molecular weight is 392 g/mol. The van der Waals surface area contributed by atoms with Crippen molar-refractivity contribution in [2.24, 2.45) is 0 Å². The number of fused-ring (bicyclic) bond motifs is 6. The van der Waals surface area contributed by atoms with E-state index < -0.39 is 29.5 Å². The number of hydrogen-bond acceptors (Lipinski definition) is 5. The molecule has 0 radical (unpaired) electrons. The van der Waals surface area contributed by atoms with Crippen LogP contribution in [0.4, 0.5) is 8.78 Å². The number of phenolic OH excluding ortho intramolecular Hbond substituents is 1. The highest BCUT2D eigenvalue weighted by atomic mass is 19.3. The van der Waals surface area contributed by atoms with Crippen LogP contribution in [-0.4, -0.2) is 33.0 Å². The third kappa shape index (κ3) is 2.61. The van der Waals surface area contributed by atoms with Gasteiger partial charge in [-0.2, -0.15) is 8.78 Å². The van der Waals surface area contributed by atoms with E-state index in [-0.39, 0.29) is 17.1 Å². The summed E-state index contributed by atoms with van der Waals surface area (Å²) in [5, 5.41) is 21.5. The molecule has 0 bridgehead atoms. The molecular formula is C19H18F2N2O5. The highest BCUT2D eigenvalue weighted by Crippen LogP contribution is 2.50. The monoisotopic (exact) mass is 392 g/mol. The molecule has 2 aliphatic rings. The number of rotatable bonds is 3. The molecule has 28 heavy (non-hydrogen) atoms. The van der Waals surface area contributed by atoms with Gasteiger partial charge in [-0.25, -0.2) is 4.79 Å². The Kier molecular flexibility index (Phi) is 3.88. The first-order valence-corrected chi connectivity index (χ1v) is 8.72. The number of carboxylic acid groups (broad SMARTS) is 1. The number of pyridine rings is 1. The summed E-state index contributed by atoms with van der Waals surface area (Å²) in [5.74, 6) is -2.16. The molecule has 3 heterocycles. The lowest BCUT2D eigenvalue weighted by molar-refractivity contribution is -0.0512. The van der Waals surface area contributed by atoms with Crippen molar-refractivity contribution < 1.29 is 28.5 Å². The number of halogens is 2. The van der Waals surface area contributed by atoms with Crippen molar-refractivity contribution >= 4 is 5.97 Å². The van der Waals surface area contributed by atoms with Crippen molar-refractivity contribution in [3.8, 4) is 22.8 Å². The Hall–Kier alpha value is -3.10. The number of carboxylic acids is 1. The van der Waals surface area contributed by atoms with Crippen LogP contribution in [0.5, 0.6) is 11.5 Å². The summed E-state index contributed by atoms with van der Waals surface area (Å²) >= 11 is 0. The van der Waals surface area contributed by atoms with Crippen LogP contribution in [0.15, 0.2) is 29.2 Å². The highest BCUT2D eigenvalue weighted by Gasteiger charge is 2.45. The van der Waals surface area contributed by atoms with E-state index in [2.05, 4.69) is 4.74 Å². The molecule has 0 saturated carbocycles. The zero-order chi connectivity index (χ0) is 20.4. The first-order valence-electron chi connectivity index (χ1n) is 8.72. The minimum Gasteiger partial charge on any atom is -0.504 e. The van der Waals surface area contributed by atoms with Gasteiger partial charge in [-0.15, -0.1) is 0 Å². The van der Waals surface area contributed by atoms with Gasteiger partial charge in [0.25, 0.3) is 0 Å². The fourth-order valence-electron chi connectivity index (χ4n) is 4.21. The topological polar surface area (TPSA) is 92.0 Å². The maximum Gasteiger partial charge on any atom is 0.387 e. The van der Waals surface area contributed by atoms with Crippen LogP contribution in [0.25, 0.3) is 11.3 Å². The van der Waals surface area contributed by atoms with E-state index in [1.165, 1.54) is 24.4 Å². The van der Waals surface area contributed by atoms with Crippen molar-refractivity contribution in [1.29, 1.82) is 0 Å². The lowest BCUT2D eigenvalue weighted by Crippen LogP contribution is -2.50. The second-order valence-electron chi connectivity index (χ2n) is 7.58. The number of benzene rings is 1. The number of aromatic carboxylic acids is 1. The van der Waals surface area contributed by atoms with Gasteiger partial charge in [0.1, 0.15) is 5.56 Å². The molecule has 148 valence electrons. The minimum absolute atomic E-state index is 0.215. The number of aromatic hydroxyl groups is 1. The van der Waals surface area contributed by atoms with E-state index in [1.54, 1.807) is 4.68 Å². The van der Waals surface area contributed by atoms with E-state index in [1.807, 2.05) is 18.9 Å². The summed E-state index contributed by atoms with van der Waals surface area (Å²) in [4.78, 5) is 23.8. The number of ether oxygens (including phenoxy) is 1. The second-order valence-corrected chi connectivity index (χ2v) is 7.58. The van der Waals surface area contributed by atoms with Gasteiger partial charge >= 0.3 is 12.6 Å². The number of nitrogens with zero attached hydrogens (tertiary/aromatic N) is 2. The normalized spacial score (nSPS) is 19.2. The van der Waals surface area contributed by atoms with Crippen LogP contribution in [0, 0.1) is 0 Å². The Labute approximate surface area is 158 Å². The zero-order valence-corrected chi connectivity index (χ0v) is 15.1. The number of alkyl halides is 2. The van der Waals surface area contributed by atoms with Crippen LogP contribution in [0.3, 0.4) is 0 Å². The lowest BCUT2D eigenvalue weighted by atomic mass is 9.93. The van der Waals surface area contributed by atoms with Crippen molar-refractivity contribution in [2.45, 2.75) is 44.9 Å². The third-order valence-corrected chi connectivity index (χ3v) is 5.42. The van der Waals surface area contributed by atoms with Crippen LogP contribution < -0.4 is 15.2 Å². The van der Waals surface area contributed by atoms with Crippen LogP contribution in [0.2, 0.25) is 0 Å². The molecule has 1 fully saturated rings. The molecule has 7 nitrogen and oxygen atoms in total. The molecule has 1 unspecified atom stereocenters. The molecule has 1 saturated heterocycles. The smallest absolute Gasteiger partial charge is 0.387 e. The maximum absolute atomic E-state index is 12.7. The van der Waals surface area contributed by atoms with E-state index in [9.17, 15) is 28.6 Å². The van der Waals surface area contributed by atoms with Gasteiger partial charge in [-0.05, 0) is 44.4 Å². The first-order chi connectivity index (χ1) is 13.1. The van der Waals surface area contributed by atoms with E-state index in [0.29, 0.717) is 23.2 Å². The second kappa shape index (κ2) is 5.95. The number of phenols is 1. The van der Waals surface area contributed by atoms with Crippen LogP contribution in [0.1, 0.15) is 48.7 Å². The molecule has 2 aromatic rings. The van der Waals surface area contributed by atoms with E-state index in [0.717, 1.165) is 6.42 Å². The molecular weight excluding hydrogens is 374 g/mol. The fraction of sp³-hybridized carbons (Fsp3) is 0.368. The third-order valence-electron chi connectivity index (χ3n) is 5.42. The molecule has 9 heteroatoms. The molecule has 1 atom stereocenters. The van der Waals surface area contributed by atoms with Gasteiger partial charge in [-0.1, -0.05) is 0 Å². The van der Waals surface area contributed by atoms with Crippen molar-refractivity contribution in [3.05, 3.63) is 45.7 Å². The Bertz CT molecular complexity index is 1050. The molecule has 0 spiro atoms. The molecule has 4 rings (SSSR count). The summed E-state index contributed by atoms with van der Waals surface area (Å²) in [7, 11) is 0. The number of aromatic nitrogens is 1. The summed E-state index contributed by atoms with van der Waals surface area (Å²) in [6.07, 6.45) is 2.76. The average Bonchev–Trinajstić information content (AvgIpc) is 2.91. The fourth-order valence-corrected chi connectivity index (χ4v) is 4.21. The van der Waals surface area contributed by atoms with Gasteiger partial charge in [0.2, 0.25) is 0 Å². The molecule has 2 aliphatic heterocycles. The zero-order valence-electron chi connectivity index (χ0n) is 15.1. The lowest BCUT2D eigenvalue weighted by Gasteiger charge is -2.44. The summed E-state index contributed by atoms with van der Waals surface area (Å²) < 4.78 is 31.4. The van der Waals surface area contributed by atoms with Gasteiger partial charge < -0.3 is 14.9 Å². The molecule has 2 N–H and O–H groups in total. The molecule has 1 aromatic carbocycles. The first kappa shape index (κ1) is 18.3. The quantitative estimate of drug-likeness (QED) is 0.834. The van der Waals surface area contributed by atoms with E-state index >= 15 is 0 Å². The maximum atomic E-state index is 12.7. The SMILES string of the molecule is CC1(C)CCC2c3cc(O)c(OC(F)F)cc3-c3cc(=O)c(C(=O)O)cn3N21. The van der Waals surface area contributed by atoms with Crippen molar-refractivity contribution in [1.82, 2.24) is 4.68 Å². The predicted molar refractivity (Wildman–Crippen MR) is 95.7 cm³/mol. The Morgan fingerprint density at radius 1 is 1.32 bits per heavy atom. The highest BCUT2D eigenvalue weighted by molar-refractivity contribution is 5.88. The van der Waals surface area contributed by atoms with Gasteiger partial charge in [-0.3, -0.25) is 14.5 Å². The number of carbonyl (C=O) groups is 1. The van der Waals surface area contributed by atoms with E-state index in [4.69, 9.17) is 0 Å². The Morgan fingerprint density at radius 3 is 2.68 bits per heavy atom. The van der Waals surface area contributed by atoms with Crippen LogP contribution in [-0.2, 0) is 0 Å². The van der Waals surface area contributed by atoms with Crippen molar-refractivity contribution in [3.63, 3.8) is 0 Å². The minimum atomic E-state index is -3.12. The Balaban J connectivity index is 2.02. The Morgan fingerprint density at radius 2 is 2.04 bits per heavy atom. The predicted octanol–water partition coefficient (Wildman–Crippen LogP) is 3.09. The summed E-state index contributed by atoms with van der Waals surface area (Å²) in [6.45, 7) is 0.870. The van der Waals surface area contributed by atoms with Gasteiger partial charge in [0, 0.05) is 17.8 Å². The standard InChI is InChI=1S/C19H18F2N2O5/c1-19(2)4-3-12-9-5-15(25)16(28-18(20)21)6-10(9)13-7-14(24)11(17(26)27)8-22(13)23(12)19/h5-8,12,18,25H,3-4H2,1-2H3,(H,26,27). The molecule has 1 aromatic heterocycles. The van der Waals surface area contributed by atoms with Crippen LogP contribution >= 0.6 is 0 Å².